The fraction of sp³-hybridized carbons (Fsp3) is 0.375. The van der Waals surface area contributed by atoms with E-state index in [9.17, 15) is 9.90 Å². The Kier molecular flexibility index (Phi) is 5.55. The van der Waals surface area contributed by atoms with E-state index in [1.165, 1.54) is 0 Å². The van der Waals surface area contributed by atoms with Crippen molar-refractivity contribution >= 4 is 11.7 Å². The average molecular weight is 302 g/mol. The first-order valence-electron chi connectivity index (χ1n) is 7.42. The summed E-state index contributed by atoms with van der Waals surface area (Å²) in [6.45, 7) is 2.23. The van der Waals surface area contributed by atoms with Gasteiger partial charge in [-0.15, -0.1) is 0 Å². The number of hydrogen-bond acceptors (Lipinski definition) is 3. The highest BCUT2D eigenvalue weighted by molar-refractivity contribution is 5.93. The smallest absolute Gasteiger partial charge is 0.319 e. The number of nitrogens with one attached hydrogen (secondary N) is 2. The van der Waals surface area contributed by atoms with E-state index in [0.29, 0.717) is 17.8 Å². The Bertz CT molecular complexity index is 610. The normalized spacial score (nSPS) is 12.0. The van der Waals surface area contributed by atoms with Gasteiger partial charge in [0.2, 0.25) is 0 Å². The number of aromatic nitrogens is 2. The maximum Gasteiger partial charge on any atom is 0.319 e. The third-order valence-corrected chi connectivity index (χ3v) is 3.24. The summed E-state index contributed by atoms with van der Waals surface area (Å²) in [6.07, 6.45) is 2.79. The Labute approximate surface area is 130 Å². The molecule has 6 heteroatoms. The lowest BCUT2D eigenvalue weighted by Crippen LogP contribution is -2.35. The van der Waals surface area contributed by atoms with Gasteiger partial charge >= 0.3 is 6.03 Å². The summed E-state index contributed by atoms with van der Waals surface area (Å²) in [5.41, 5.74) is 2.29. The molecule has 2 rings (SSSR count). The summed E-state index contributed by atoms with van der Waals surface area (Å²) in [5.74, 6) is 0. The Hall–Kier alpha value is -2.34. The van der Waals surface area contributed by atoms with E-state index < -0.39 is 6.10 Å². The average Bonchev–Trinajstić information content (AvgIpc) is 2.87. The van der Waals surface area contributed by atoms with Crippen LogP contribution in [-0.4, -0.2) is 33.6 Å². The van der Waals surface area contributed by atoms with Crippen LogP contribution in [0.5, 0.6) is 0 Å². The third kappa shape index (κ3) is 4.33. The van der Waals surface area contributed by atoms with Crippen molar-refractivity contribution < 1.29 is 9.90 Å². The molecule has 118 valence electrons. The minimum absolute atomic E-state index is 0.237. The number of urea groups is 1. The van der Waals surface area contributed by atoms with E-state index in [0.717, 1.165) is 12.0 Å². The van der Waals surface area contributed by atoms with E-state index in [4.69, 9.17) is 0 Å². The fourth-order valence-corrected chi connectivity index (χ4v) is 2.20. The summed E-state index contributed by atoms with van der Waals surface area (Å²) < 4.78 is 1.66. The largest absolute Gasteiger partial charge is 0.391 e. The van der Waals surface area contributed by atoms with Crippen molar-refractivity contribution in [1.82, 2.24) is 15.1 Å². The van der Waals surface area contributed by atoms with Crippen molar-refractivity contribution in [3.05, 3.63) is 36.5 Å². The van der Waals surface area contributed by atoms with Crippen LogP contribution in [0, 0.1) is 0 Å². The number of rotatable bonds is 6. The lowest BCUT2D eigenvalue weighted by Gasteiger charge is -2.11. The van der Waals surface area contributed by atoms with Crippen LogP contribution in [0.25, 0.3) is 11.3 Å². The molecule has 1 aromatic heterocycles. The number of amides is 2. The zero-order valence-corrected chi connectivity index (χ0v) is 12.9. The van der Waals surface area contributed by atoms with Gasteiger partial charge in [0, 0.05) is 25.4 Å². The van der Waals surface area contributed by atoms with Gasteiger partial charge in [0.1, 0.15) is 5.69 Å². The second kappa shape index (κ2) is 7.61. The molecule has 2 aromatic rings. The maximum absolute atomic E-state index is 11.9. The molecule has 0 fully saturated rings. The van der Waals surface area contributed by atoms with E-state index in [1.54, 1.807) is 17.9 Å². The first kappa shape index (κ1) is 16.0. The zero-order chi connectivity index (χ0) is 15.9. The van der Waals surface area contributed by atoms with E-state index in [1.807, 2.05) is 37.3 Å². The van der Waals surface area contributed by atoms with E-state index in [2.05, 4.69) is 15.7 Å². The van der Waals surface area contributed by atoms with Crippen LogP contribution in [0.15, 0.2) is 36.5 Å². The molecule has 0 aliphatic carbocycles. The van der Waals surface area contributed by atoms with Gasteiger partial charge in [0.05, 0.1) is 11.8 Å². The van der Waals surface area contributed by atoms with Gasteiger partial charge < -0.3 is 15.7 Å². The molecule has 1 aromatic carbocycles. The van der Waals surface area contributed by atoms with Crippen LogP contribution in [-0.2, 0) is 7.05 Å². The Morgan fingerprint density at radius 3 is 2.77 bits per heavy atom. The monoisotopic (exact) mass is 302 g/mol. The van der Waals surface area contributed by atoms with Gasteiger partial charge in [-0.25, -0.2) is 4.79 Å². The molecule has 0 saturated heterocycles. The molecule has 0 aliphatic heterocycles. The second-order valence-corrected chi connectivity index (χ2v) is 5.21. The van der Waals surface area contributed by atoms with Gasteiger partial charge in [-0.1, -0.05) is 43.7 Å². The number of anilines is 1. The highest BCUT2D eigenvalue weighted by Crippen LogP contribution is 2.25. The molecule has 6 nitrogen and oxygen atoms in total. The molecule has 0 aliphatic rings. The molecular weight excluding hydrogens is 280 g/mol. The van der Waals surface area contributed by atoms with Crippen molar-refractivity contribution in [3.63, 3.8) is 0 Å². The molecule has 1 unspecified atom stereocenters. The quantitative estimate of drug-likeness (QED) is 0.766. The summed E-state index contributed by atoms with van der Waals surface area (Å²) in [4.78, 5) is 11.9. The maximum atomic E-state index is 11.9. The highest BCUT2D eigenvalue weighted by atomic mass is 16.3. The van der Waals surface area contributed by atoms with Crippen molar-refractivity contribution in [1.29, 1.82) is 0 Å². The van der Waals surface area contributed by atoms with Crippen LogP contribution >= 0.6 is 0 Å². The van der Waals surface area contributed by atoms with E-state index in [-0.39, 0.29) is 12.6 Å². The molecule has 3 N–H and O–H groups in total. The Morgan fingerprint density at radius 2 is 2.09 bits per heavy atom. The lowest BCUT2D eigenvalue weighted by atomic mass is 10.1. The molecule has 1 atom stereocenters. The third-order valence-electron chi connectivity index (χ3n) is 3.24. The number of aliphatic hydroxyl groups is 1. The number of nitrogens with zero attached hydrogens (tertiary/aromatic N) is 2. The number of carbonyl (C=O) groups excluding carboxylic acids is 1. The minimum Gasteiger partial charge on any atom is -0.391 e. The molecular formula is C16H22N4O2. The number of benzene rings is 1. The van der Waals surface area contributed by atoms with Crippen LogP contribution in [0.4, 0.5) is 10.5 Å². The molecule has 0 bridgehead atoms. The first-order chi connectivity index (χ1) is 10.6. The minimum atomic E-state index is -0.516. The van der Waals surface area contributed by atoms with Gasteiger partial charge in [-0.2, -0.15) is 5.10 Å². The summed E-state index contributed by atoms with van der Waals surface area (Å²) in [7, 11) is 1.81. The molecule has 22 heavy (non-hydrogen) atoms. The number of hydrogen-bond donors (Lipinski definition) is 3. The van der Waals surface area contributed by atoms with Gasteiger partial charge in [-0.3, -0.25) is 4.68 Å². The van der Waals surface area contributed by atoms with Crippen molar-refractivity contribution in [2.24, 2.45) is 7.05 Å². The van der Waals surface area contributed by atoms with Crippen molar-refractivity contribution in [3.8, 4) is 11.3 Å². The van der Waals surface area contributed by atoms with Gasteiger partial charge in [-0.05, 0) is 6.42 Å². The molecule has 2 amide bonds. The SMILES string of the molecule is CCCC(O)CNC(=O)Nc1cn(C)nc1-c1ccccc1. The molecule has 1 heterocycles. The Morgan fingerprint density at radius 1 is 1.36 bits per heavy atom. The van der Waals surface area contributed by atoms with E-state index >= 15 is 0 Å². The molecule has 0 spiro atoms. The van der Waals surface area contributed by atoms with Gasteiger partial charge in [0.15, 0.2) is 0 Å². The van der Waals surface area contributed by atoms with Gasteiger partial charge in [0.25, 0.3) is 0 Å². The number of carbonyl (C=O) groups is 1. The van der Waals surface area contributed by atoms with Crippen molar-refractivity contribution in [2.75, 3.05) is 11.9 Å². The predicted octanol–water partition coefficient (Wildman–Crippen LogP) is 2.37. The molecule has 0 radical (unpaired) electrons. The molecule has 0 saturated carbocycles. The predicted molar refractivity (Wildman–Crippen MR) is 86.6 cm³/mol. The number of aliphatic hydroxyl groups excluding tert-OH is 1. The van der Waals surface area contributed by atoms with Crippen molar-refractivity contribution in [2.45, 2.75) is 25.9 Å². The standard InChI is InChI=1S/C16H22N4O2/c1-3-7-13(21)10-17-16(22)18-14-11-20(2)19-15(14)12-8-5-4-6-9-12/h4-6,8-9,11,13,21H,3,7,10H2,1-2H3,(H2,17,18,22). The number of aryl methyl sites for hydroxylation is 1. The summed E-state index contributed by atoms with van der Waals surface area (Å²) >= 11 is 0. The van der Waals surface area contributed by atoms with Crippen LogP contribution in [0.3, 0.4) is 0 Å². The fourth-order valence-electron chi connectivity index (χ4n) is 2.20. The Balaban J connectivity index is 2.02. The second-order valence-electron chi connectivity index (χ2n) is 5.21. The zero-order valence-electron chi connectivity index (χ0n) is 12.9. The summed E-state index contributed by atoms with van der Waals surface area (Å²) in [5, 5.41) is 19.5. The summed E-state index contributed by atoms with van der Waals surface area (Å²) in [6, 6.07) is 9.32. The van der Waals surface area contributed by atoms with Crippen LogP contribution in [0.2, 0.25) is 0 Å². The highest BCUT2D eigenvalue weighted by Gasteiger charge is 2.13. The van der Waals surface area contributed by atoms with Crippen LogP contribution < -0.4 is 10.6 Å². The topological polar surface area (TPSA) is 79.2 Å². The lowest BCUT2D eigenvalue weighted by molar-refractivity contribution is 0.162. The van der Waals surface area contributed by atoms with Crippen LogP contribution in [0.1, 0.15) is 19.8 Å². The first-order valence-corrected chi connectivity index (χ1v) is 7.42.